The Morgan fingerprint density at radius 2 is 2.00 bits per heavy atom. The van der Waals surface area contributed by atoms with E-state index < -0.39 is 0 Å². The number of nitrogens with one attached hydrogen (secondary N) is 2. The molecule has 0 saturated heterocycles. The lowest BCUT2D eigenvalue weighted by atomic mass is 10.1. The zero-order chi connectivity index (χ0) is 15.2. The van der Waals surface area contributed by atoms with Crippen LogP contribution in [0.5, 0.6) is 5.75 Å². The molecule has 0 unspecified atom stereocenters. The Balaban J connectivity index is 2.04. The molecule has 0 aliphatic rings. The summed E-state index contributed by atoms with van der Waals surface area (Å²) in [6.07, 6.45) is 3.51. The lowest BCUT2D eigenvalue weighted by Gasteiger charge is -2.18. The quantitative estimate of drug-likeness (QED) is 0.839. The molecule has 1 atom stereocenters. The Kier molecular flexibility index (Phi) is 5.36. The van der Waals surface area contributed by atoms with Gasteiger partial charge in [-0.05, 0) is 55.0 Å². The zero-order valence-electron chi connectivity index (χ0n) is 11.8. The molecule has 0 saturated carbocycles. The third-order valence-corrected chi connectivity index (χ3v) is 3.42. The van der Waals surface area contributed by atoms with Crippen LogP contribution in [0.25, 0.3) is 0 Å². The van der Waals surface area contributed by atoms with Gasteiger partial charge in [0, 0.05) is 17.4 Å². The molecule has 0 bridgehead atoms. The molecule has 2 rings (SSSR count). The van der Waals surface area contributed by atoms with Crippen molar-refractivity contribution in [2.45, 2.75) is 13.0 Å². The standard InChI is InChI=1S/C15H16ClN3OS/c1-10(11-5-7-17-8-6-11)18-15(21)19-13-9-12(16)3-4-14(13)20-2/h3-10H,1-2H3,(H2,18,19,21)/t10-/m1/s1. The van der Waals surface area contributed by atoms with E-state index in [1.807, 2.05) is 19.1 Å². The second kappa shape index (κ2) is 7.24. The molecule has 0 amide bonds. The molecule has 2 N–H and O–H groups in total. The van der Waals surface area contributed by atoms with Crippen LogP contribution in [-0.4, -0.2) is 17.2 Å². The number of thiocarbonyl (C=S) groups is 1. The number of rotatable bonds is 4. The van der Waals surface area contributed by atoms with Gasteiger partial charge in [0.1, 0.15) is 5.75 Å². The largest absolute Gasteiger partial charge is 0.495 e. The molecule has 4 nitrogen and oxygen atoms in total. The summed E-state index contributed by atoms with van der Waals surface area (Å²) in [4.78, 5) is 4.00. The smallest absolute Gasteiger partial charge is 0.171 e. The maximum absolute atomic E-state index is 5.99. The molecule has 0 spiro atoms. The molecule has 0 aliphatic carbocycles. The van der Waals surface area contributed by atoms with Crippen molar-refractivity contribution in [3.05, 3.63) is 53.3 Å². The Bertz CT molecular complexity index is 622. The number of halogens is 1. The van der Waals surface area contributed by atoms with E-state index in [0.717, 1.165) is 11.3 Å². The predicted molar refractivity (Wildman–Crippen MR) is 90.0 cm³/mol. The van der Waals surface area contributed by atoms with Crippen molar-refractivity contribution in [3.63, 3.8) is 0 Å². The van der Waals surface area contributed by atoms with Crippen molar-refractivity contribution in [2.75, 3.05) is 12.4 Å². The van der Waals surface area contributed by atoms with Gasteiger partial charge in [-0.3, -0.25) is 4.98 Å². The summed E-state index contributed by atoms with van der Waals surface area (Å²) in [5.41, 5.74) is 1.83. The van der Waals surface area contributed by atoms with Gasteiger partial charge in [0.2, 0.25) is 0 Å². The first kappa shape index (κ1) is 15.5. The van der Waals surface area contributed by atoms with Gasteiger partial charge in [-0.25, -0.2) is 0 Å². The summed E-state index contributed by atoms with van der Waals surface area (Å²) < 4.78 is 5.27. The molecule has 21 heavy (non-hydrogen) atoms. The average molecular weight is 322 g/mol. The molecule has 1 heterocycles. The fourth-order valence-electron chi connectivity index (χ4n) is 1.87. The Morgan fingerprint density at radius 1 is 1.29 bits per heavy atom. The molecule has 1 aromatic carbocycles. The molecule has 0 fully saturated rings. The minimum atomic E-state index is 0.0678. The lowest BCUT2D eigenvalue weighted by Crippen LogP contribution is -2.31. The van der Waals surface area contributed by atoms with E-state index in [2.05, 4.69) is 15.6 Å². The number of nitrogens with zero attached hydrogens (tertiary/aromatic N) is 1. The fraction of sp³-hybridized carbons (Fsp3) is 0.200. The number of aromatic nitrogens is 1. The number of methoxy groups -OCH3 is 1. The van der Waals surface area contributed by atoms with Gasteiger partial charge in [0.25, 0.3) is 0 Å². The van der Waals surface area contributed by atoms with Crippen molar-refractivity contribution in [1.29, 1.82) is 0 Å². The summed E-state index contributed by atoms with van der Waals surface area (Å²) in [7, 11) is 1.60. The van der Waals surface area contributed by atoms with Crippen molar-refractivity contribution in [1.82, 2.24) is 10.3 Å². The maximum Gasteiger partial charge on any atom is 0.171 e. The summed E-state index contributed by atoms with van der Waals surface area (Å²) in [5, 5.41) is 7.42. The van der Waals surface area contributed by atoms with Gasteiger partial charge in [-0.15, -0.1) is 0 Å². The SMILES string of the molecule is COc1ccc(Cl)cc1NC(=S)N[C@H](C)c1ccncc1. The number of hydrogen-bond donors (Lipinski definition) is 2. The molecule has 6 heteroatoms. The van der Waals surface area contributed by atoms with E-state index in [9.17, 15) is 0 Å². The Morgan fingerprint density at radius 3 is 2.67 bits per heavy atom. The second-order valence-corrected chi connectivity index (χ2v) is 5.29. The number of hydrogen-bond acceptors (Lipinski definition) is 3. The number of anilines is 1. The maximum atomic E-state index is 5.99. The zero-order valence-corrected chi connectivity index (χ0v) is 13.3. The highest BCUT2D eigenvalue weighted by Gasteiger charge is 2.09. The number of benzene rings is 1. The van der Waals surface area contributed by atoms with Crippen molar-refractivity contribution in [2.24, 2.45) is 0 Å². The first-order chi connectivity index (χ1) is 10.1. The fourth-order valence-corrected chi connectivity index (χ4v) is 2.33. The van der Waals surface area contributed by atoms with Gasteiger partial charge < -0.3 is 15.4 Å². The molecule has 110 valence electrons. The molecule has 2 aromatic rings. The monoisotopic (exact) mass is 321 g/mol. The van der Waals surface area contributed by atoms with Crippen LogP contribution in [0.4, 0.5) is 5.69 Å². The number of ether oxygens (including phenoxy) is 1. The van der Waals surface area contributed by atoms with E-state index in [1.54, 1.807) is 37.7 Å². The van der Waals surface area contributed by atoms with E-state index in [1.165, 1.54) is 0 Å². The van der Waals surface area contributed by atoms with Gasteiger partial charge in [0.05, 0.1) is 18.8 Å². The molecule has 0 aliphatic heterocycles. The van der Waals surface area contributed by atoms with Gasteiger partial charge in [-0.1, -0.05) is 11.6 Å². The third kappa shape index (κ3) is 4.31. The first-order valence-electron chi connectivity index (χ1n) is 6.41. The van der Waals surface area contributed by atoms with Crippen molar-refractivity contribution < 1.29 is 4.74 Å². The van der Waals surface area contributed by atoms with E-state index in [4.69, 9.17) is 28.6 Å². The van der Waals surface area contributed by atoms with Crippen LogP contribution >= 0.6 is 23.8 Å². The molecular weight excluding hydrogens is 306 g/mol. The van der Waals surface area contributed by atoms with Crippen molar-refractivity contribution >= 4 is 34.6 Å². The summed E-state index contributed by atoms with van der Waals surface area (Å²) in [5.74, 6) is 0.681. The Hall–Kier alpha value is -1.85. The van der Waals surface area contributed by atoms with Crippen LogP contribution in [0.2, 0.25) is 5.02 Å². The predicted octanol–water partition coefficient (Wildman–Crippen LogP) is 3.79. The highest BCUT2D eigenvalue weighted by atomic mass is 35.5. The molecule has 0 radical (unpaired) electrons. The highest BCUT2D eigenvalue weighted by molar-refractivity contribution is 7.80. The first-order valence-corrected chi connectivity index (χ1v) is 7.19. The lowest BCUT2D eigenvalue weighted by molar-refractivity contribution is 0.417. The number of pyridine rings is 1. The highest BCUT2D eigenvalue weighted by Crippen LogP contribution is 2.27. The third-order valence-electron chi connectivity index (χ3n) is 2.96. The summed E-state index contributed by atoms with van der Waals surface area (Å²) in [6, 6.07) is 9.28. The van der Waals surface area contributed by atoms with Crippen molar-refractivity contribution in [3.8, 4) is 5.75 Å². The van der Waals surface area contributed by atoms with Crippen LogP contribution in [-0.2, 0) is 0 Å². The summed E-state index contributed by atoms with van der Waals surface area (Å²) >= 11 is 11.3. The molecule has 1 aromatic heterocycles. The average Bonchev–Trinajstić information content (AvgIpc) is 2.48. The van der Waals surface area contributed by atoms with Crippen LogP contribution in [0.3, 0.4) is 0 Å². The van der Waals surface area contributed by atoms with Crippen LogP contribution in [0.1, 0.15) is 18.5 Å². The normalized spacial score (nSPS) is 11.6. The topological polar surface area (TPSA) is 46.2 Å². The van der Waals surface area contributed by atoms with Gasteiger partial charge in [-0.2, -0.15) is 0 Å². The minimum Gasteiger partial charge on any atom is -0.495 e. The van der Waals surface area contributed by atoms with Crippen LogP contribution in [0, 0.1) is 0 Å². The van der Waals surface area contributed by atoms with E-state index in [-0.39, 0.29) is 6.04 Å². The van der Waals surface area contributed by atoms with Crippen LogP contribution in [0.15, 0.2) is 42.7 Å². The van der Waals surface area contributed by atoms with E-state index >= 15 is 0 Å². The van der Waals surface area contributed by atoms with Crippen LogP contribution < -0.4 is 15.4 Å². The molecular formula is C15H16ClN3OS. The van der Waals surface area contributed by atoms with Gasteiger partial charge >= 0.3 is 0 Å². The second-order valence-electron chi connectivity index (χ2n) is 4.45. The van der Waals surface area contributed by atoms with Gasteiger partial charge in [0.15, 0.2) is 5.11 Å². The summed E-state index contributed by atoms with van der Waals surface area (Å²) in [6.45, 7) is 2.03. The van der Waals surface area contributed by atoms with E-state index in [0.29, 0.717) is 15.9 Å². The minimum absolute atomic E-state index is 0.0678. The Labute approximate surface area is 134 Å².